The fourth-order valence-electron chi connectivity index (χ4n) is 2.73. The molecule has 0 aromatic heterocycles. The molecule has 1 aliphatic heterocycles. The summed E-state index contributed by atoms with van der Waals surface area (Å²) in [6.45, 7) is 13.4. The Balaban J connectivity index is 2.16. The second kappa shape index (κ2) is 5.65. The number of nitrogens with one attached hydrogen (secondary N) is 1. The molecule has 1 saturated heterocycles. The Morgan fingerprint density at radius 3 is 2.48 bits per heavy atom. The first-order valence-electron chi connectivity index (χ1n) is 7.52. The average Bonchev–Trinajstić information content (AvgIpc) is 2.35. The molecule has 2 rings (SSSR count). The maximum Gasteiger partial charge on any atom is 0.159 e. The van der Waals surface area contributed by atoms with E-state index in [0.29, 0.717) is 12.6 Å². The van der Waals surface area contributed by atoms with Gasteiger partial charge in [-0.15, -0.1) is 0 Å². The topological polar surface area (TPSA) is 15.3 Å². The zero-order valence-corrected chi connectivity index (χ0v) is 13.6. The van der Waals surface area contributed by atoms with Gasteiger partial charge in [0.2, 0.25) is 0 Å². The molecular formula is C17H26F2N2. The van der Waals surface area contributed by atoms with Crippen LogP contribution in [0.2, 0.25) is 0 Å². The second-order valence-corrected chi connectivity index (χ2v) is 7.74. The van der Waals surface area contributed by atoms with Crippen molar-refractivity contribution in [3.05, 3.63) is 35.4 Å². The summed E-state index contributed by atoms with van der Waals surface area (Å²) in [6.07, 6.45) is 0. The molecule has 0 spiro atoms. The number of hydrogen-bond acceptors (Lipinski definition) is 2. The Bertz CT molecular complexity index is 506. The highest BCUT2D eigenvalue weighted by Gasteiger charge is 2.38. The SMILES string of the molecule is CC(C)(C)C1CN(Cc2ccc(F)c(F)c2)C(C)(C)CN1. The van der Waals surface area contributed by atoms with E-state index < -0.39 is 11.6 Å². The maximum absolute atomic E-state index is 13.4. The number of nitrogens with zero attached hydrogens (tertiary/aromatic N) is 1. The zero-order valence-electron chi connectivity index (χ0n) is 13.6. The summed E-state index contributed by atoms with van der Waals surface area (Å²) in [6, 6.07) is 4.57. The summed E-state index contributed by atoms with van der Waals surface area (Å²) in [5.41, 5.74) is 0.978. The fourth-order valence-corrected chi connectivity index (χ4v) is 2.73. The van der Waals surface area contributed by atoms with Crippen LogP contribution in [0.3, 0.4) is 0 Å². The molecule has 0 saturated carbocycles. The quantitative estimate of drug-likeness (QED) is 0.897. The summed E-state index contributed by atoms with van der Waals surface area (Å²) >= 11 is 0. The van der Waals surface area contributed by atoms with Gasteiger partial charge in [0.25, 0.3) is 0 Å². The molecule has 1 aliphatic rings. The summed E-state index contributed by atoms with van der Waals surface area (Å²) < 4.78 is 26.4. The van der Waals surface area contributed by atoms with Crippen molar-refractivity contribution in [2.75, 3.05) is 13.1 Å². The van der Waals surface area contributed by atoms with Crippen molar-refractivity contribution in [3.8, 4) is 0 Å². The van der Waals surface area contributed by atoms with E-state index in [-0.39, 0.29) is 11.0 Å². The molecule has 0 aliphatic carbocycles. The van der Waals surface area contributed by atoms with Crippen molar-refractivity contribution in [3.63, 3.8) is 0 Å². The summed E-state index contributed by atoms with van der Waals surface area (Å²) in [5, 5.41) is 3.61. The van der Waals surface area contributed by atoms with Gasteiger partial charge in [0.1, 0.15) is 0 Å². The molecule has 1 aromatic rings. The van der Waals surface area contributed by atoms with E-state index in [9.17, 15) is 8.78 Å². The number of benzene rings is 1. The van der Waals surface area contributed by atoms with Crippen LogP contribution in [0.5, 0.6) is 0 Å². The molecule has 1 unspecified atom stereocenters. The van der Waals surface area contributed by atoms with Crippen LogP contribution < -0.4 is 5.32 Å². The molecule has 0 radical (unpaired) electrons. The van der Waals surface area contributed by atoms with Gasteiger partial charge in [-0.1, -0.05) is 26.8 Å². The van der Waals surface area contributed by atoms with Crippen LogP contribution in [0.25, 0.3) is 0 Å². The lowest BCUT2D eigenvalue weighted by Crippen LogP contribution is -2.64. The van der Waals surface area contributed by atoms with Crippen LogP contribution in [0.1, 0.15) is 40.2 Å². The van der Waals surface area contributed by atoms with E-state index >= 15 is 0 Å². The van der Waals surface area contributed by atoms with Crippen molar-refractivity contribution in [1.82, 2.24) is 10.2 Å². The first-order chi connectivity index (χ1) is 9.59. The minimum absolute atomic E-state index is 0.00733. The Kier molecular flexibility index (Phi) is 4.41. The maximum atomic E-state index is 13.4. The number of hydrogen-bond donors (Lipinski definition) is 1. The van der Waals surface area contributed by atoms with Gasteiger partial charge in [0.05, 0.1) is 0 Å². The third-order valence-electron chi connectivity index (χ3n) is 4.44. The lowest BCUT2D eigenvalue weighted by Gasteiger charge is -2.49. The Hall–Kier alpha value is -1.00. The van der Waals surface area contributed by atoms with Gasteiger partial charge >= 0.3 is 0 Å². The van der Waals surface area contributed by atoms with Crippen LogP contribution in [-0.2, 0) is 6.54 Å². The molecule has 1 atom stereocenters. The standard InChI is InChI=1S/C17H26F2N2/c1-16(2,3)15-10-21(17(4,5)11-20-15)9-12-6-7-13(18)14(19)8-12/h6-8,15,20H,9-11H2,1-5H3. The van der Waals surface area contributed by atoms with Gasteiger partial charge in [-0.05, 0) is 37.0 Å². The van der Waals surface area contributed by atoms with Crippen molar-refractivity contribution in [1.29, 1.82) is 0 Å². The molecule has 0 bridgehead atoms. The monoisotopic (exact) mass is 296 g/mol. The van der Waals surface area contributed by atoms with E-state index in [0.717, 1.165) is 18.7 Å². The van der Waals surface area contributed by atoms with Gasteiger partial charge in [-0.3, -0.25) is 4.90 Å². The lowest BCUT2D eigenvalue weighted by molar-refractivity contribution is 0.0295. The minimum atomic E-state index is -0.786. The van der Waals surface area contributed by atoms with Gasteiger partial charge in [0, 0.05) is 31.2 Å². The molecular weight excluding hydrogens is 270 g/mol. The lowest BCUT2D eigenvalue weighted by atomic mass is 9.82. The zero-order chi connectivity index (χ0) is 15.8. The molecule has 0 amide bonds. The van der Waals surface area contributed by atoms with Crippen LogP contribution in [-0.4, -0.2) is 29.6 Å². The molecule has 1 heterocycles. The molecule has 2 nitrogen and oxygen atoms in total. The van der Waals surface area contributed by atoms with E-state index in [4.69, 9.17) is 0 Å². The summed E-state index contributed by atoms with van der Waals surface area (Å²) in [4.78, 5) is 2.35. The average molecular weight is 296 g/mol. The van der Waals surface area contributed by atoms with E-state index in [1.165, 1.54) is 12.1 Å². The highest BCUT2D eigenvalue weighted by molar-refractivity contribution is 5.18. The van der Waals surface area contributed by atoms with Crippen LogP contribution >= 0.6 is 0 Å². The van der Waals surface area contributed by atoms with Crippen LogP contribution in [0, 0.1) is 17.0 Å². The molecule has 1 N–H and O–H groups in total. The highest BCUT2D eigenvalue weighted by atomic mass is 19.2. The Morgan fingerprint density at radius 1 is 1.24 bits per heavy atom. The van der Waals surface area contributed by atoms with E-state index in [1.54, 1.807) is 6.07 Å². The second-order valence-electron chi connectivity index (χ2n) is 7.74. The molecule has 4 heteroatoms. The molecule has 1 fully saturated rings. The smallest absolute Gasteiger partial charge is 0.159 e. The van der Waals surface area contributed by atoms with Crippen molar-refractivity contribution >= 4 is 0 Å². The van der Waals surface area contributed by atoms with Gasteiger partial charge in [-0.2, -0.15) is 0 Å². The first kappa shape index (κ1) is 16.4. The van der Waals surface area contributed by atoms with Crippen molar-refractivity contribution in [2.45, 2.75) is 52.7 Å². The van der Waals surface area contributed by atoms with Gasteiger partial charge in [0.15, 0.2) is 11.6 Å². The van der Waals surface area contributed by atoms with Crippen LogP contribution in [0.15, 0.2) is 18.2 Å². The molecule has 21 heavy (non-hydrogen) atoms. The van der Waals surface area contributed by atoms with E-state index in [2.05, 4.69) is 44.8 Å². The largest absolute Gasteiger partial charge is 0.310 e. The Labute approximate surface area is 126 Å². The third kappa shape index (κ3) is 3.80. The van der Waals surface area contributed by atoms with Gasteiger partial charge < -0.3 is 5.32 Å². The fraction of sp³-hybridized carbons (Fsp3) is 0.647. The predicted octanol–water partition coefficient (Wildman–Crippen LogP) is 3.56. The van der Waals surface area contributed by atoms with Crippen molar-refractivity contribution in [2.24, 2.45) is 5.41 Å². The minimum Gasteiger partial charge on any atom is -0.310 e. The normalized spacial score (nSPS) is 23.3. The van der Waals surface area contributed by atoms with Crippen molar-refractivity contribution < 1.29 is 8.78 Å². The number of rotatable bonds is 2. The number of halogens is 2. The number of piperazine rings is 1. The molecule has 1 aromatic carbocycles. The van der Waals surface area contributed by atoms with Gasteiger partial charge in [-0.25, -0.2) is 8.78 Å². The Morgan fingerprint density at radius 2 is 1.90 bits per heavy atom. The first-order valence-corrected chi connectivity index (χ1v) is 7.52. The predicted molar refractivity (Wildman–Crippen MR) is 82.1 cm³/mol. The summed E-state index contributed by atoms with van der Waals surface area (Å²) in [7, 11) is 0. The van der Waals surface area contributed by atoms with Crippen LogP contribution in [0.4, 0.5) is 8.78 Å². The van der Waals surface area contributed by atoms with E-state index in [1.807, 2.05) is 0 Å². The highest BCUT2D eigenvalue weighted by Crippen LogP contribution is 2.28. The molecule has 118 valence electrons. The third-order valence-corrected chi connectivity index (χ3v) is 4.44. The summed E-state index contributed by atoms with van der Waals surface area (Å²) in [5.74, 6) is -1.56.